The fourth-order valence-electron chi connectivity index (χ4n) is 1.51. The van der Waals surface area contributed by atoms with Crippen LogP contribution in [-0.2, 0) is 14.4 Å². The maximum atomic E-state index is 11.5. The largest absolute Gasteiger partial charge is 0.344 e. The van der Waals surface area contributed by atoms with Crippen LogP contribution in [0, 0.1) is 5.92 Å². The lowest BCUT2D eigenvalue weighted by Gasteiger charge is -2.12. The van der Waals surface area contributed by atoms with E-state index in [4.69, 9.17) is 0 Å². The van der Waals surface area contributed by atoms with Gasteiger partial charge in [0, 0.05) is 12.8 Å². The highest BCUT2D eigenvalue weighted by Crippen LogP contribution is 2.06. The normalized spacial score (nSPS) is 19.0. The van der Waals surface area contributed by atoms with Gasteiger partial charge in [-0.2, -0.15) is 0 Å². The lowest BCUT2D eigenvalue weighted by Crippen LogP contribution is -2.49. The van der Waals surface area contributed by atoms with Crippen molar-refractivity contribution < 1.29 is 14.4 Å². The van der Waals surface area contributed by atoms with E-state index in [1.807, 2.05) is 13.8 Å². The first-order chi connectivity index (χ1) is 7.99. The van der Waals surface area contributed by atoms with E-state index in [1.165, 1.54) is 0 Å². The molecule has 3 N–H and O–H groups in total. The summed E-state index contributed by atoms with van der Waals surface area (Å²) in [6, 6.07) is -0.520. The first kappa shape index (κ1) is 13.5. The van der Waals surface area contributed by atoms with Crippen LogP contribution in [0.5, 0.6) is 0 Å². The van der Waals surface area contributed by atoms with E-state index < -0.39 is 6.04 Å². The van der Waals surface area contributed by atoms with Crippen molar-refractivity contribution in [2.75, 3.05) is 0 Å². The lowest BCUT2D eigenvalue weighted by molar-refractivity contribution is -0.130. The number of hydrogen-bond donors (Lipinski definition) is 3. The topological polar surface area (TPSA) is 87.3 Å². The first-order valence-electron chi connectivity index (χ1n) is 5.87. The minimum Gasteiger partial charge on any atom is -0.344 e. The van der Waals surface area contributed by atoms with Gasteiger partial charge in [-0.3, -0.25) is 25.2 Å². The van der Waals surface area contributed by atoms with Gasteiger partial charge in [0.25, 0.3) is 5.91 Å². The molecule has 0 radical (unpaired) electrons. The number of amides is 3. The zero-order valence-corrected chi connectivity index (χ0v) is 10.2. The summed E-state index contributed by atoms with van der Waals surface area (Å²) in [7, 11) is 0. The standard InChI is InChI=1S/C11H19N3O3/c1-7(2)3-5-10(16)13-14-11(17)8-4-6-9(15)12-8/h7-8H,3-6H2,1-2H3,(H,12,15)(H,13,16)(H,14,17)/t8-/m0/s1. The Morgan fingerprint density at radius 2 is 2.12 bits per heavy atom. The van der Waals surface area contributed by atoms with Gasteiger partial charge in [-0.15, -0.1) is 0 Å². The molecule has 0 unspecified atom stereocenters. The van der Waals surface area contributed by atoms with Crippen LogP contribution in [0.1, 0.15) is 39.5 Å². The molecule has 6 nitrogen and oxygen atoms in total. The SMILES string of the molecule is CC(C)CCC(=O)NNC(=O)[C@@H]1CCC(=O)N1. The molecule has 1 fully saturated rings. The molecular formula is C11H19N3O3. The van der Waals surface area contributed by atoms with Gasteiger partial charge in [0.15, 0.2) is 0 Å². The first-order valence-corrected chi connectivity index (χ1v) is 5.87. The molecule has 1 heterocycles. The van der Waals surface area contributed by atoms with E-state index in [-0.39, 0.29) is 17.7 Å². The van der Waals surface area contributed by atoms with Crippen LogP contribution in [-0.4, -0.2) is 23.8 Å². The minimum atomic E-state index is -0.520. The zero-order chi connectivity index (χ0) is 12.8. The molecule has 1 aliphatic rings. The monoisotopic (exact) mass is 241 g/mol. The van der Waals surface area contributed by atoms with Gasteiger partial charge in [-0.25, -0.2) is 0 Å². The Hall–Kier alpha value is -1.59. The molecule has 0 bridgehead atoms. The van der Waals surface area contributed by atoms with Gasteiger partial charge in [0.2, 0.25) is 11.8 Å². The maximum Gasteiger partial charge on any atom is 0.260 e. The van der Waals surface area contributed by atoms with Crippen molar-refractivity contribution in [3.8, 4) is 0 Å². The van der Waals surface area contributed by atoms with Crippen LogP contribution in [0.3, 0.4) is 0 Å². The third-order valence-corrected chi connectivity index (χ3v) is 2.59. The highest BCUT2D eigenvalue weighted by atomic mass is 16.2. The van der Waals surface area contributed by atoms with Crippen LogP contribution >= 0.6 is 0 Å². The van der Waals surface area contributed by atoms with Crippen molar-refractivity contribution >= 4 is 17.7 Å². The van der Waals surface area contributed by atoms with Crippen molar-refractivity contribution in [1.29, 1.82) is 0 Å². The summed E-state index contributed by atoms with van der Waals surface area (Å²) in [6.07, 6.45) is 2.00. The second kappa shape index (κ2) is 6.22. The Labute approximate surface area is 100 Å². The van der Waals surface area contributed by atoms with Gasteiger partial charge < -0.3 is 5.32 Å². The number of carbonyl (C=O) groups is 3. The van der Waals surface area contributed by atoms with Crippen molar-refractivity contribution in [3.05, 3.63) is 0 Å². The number of carbonyl (C=O) groups excluding carboxylic acids is 3. The molecule has 1 saturated heterocycles. The molecule has 1 rings (SSSR count). The molecule has 17 heavy (non-hydrogen) atoms. The maximum absolute atomic E-state index is 11.5. The Bertz CT molecular complexity index is 315. The highest BCUT2D eigenvalue weighted by molar-refractivity contribution is 5.91. The van der Waals surface area contributed by atoms with Gasteiger partial charge in [-0.1, -0.05) is 13.8 Å². The Balaban J connectivity index is 2.19. The van der Waals surface area contributed by atoms with Crippen LogP contribution in [0.2, 0.25) is 0 Å². The van der Waals surface area contributed by atoms with E-state index >= 15 is 0 Å². The predicted octanol–water partition coefficient (Wildman–Crippen LogP) is -0.151. The smallest absolute Gasteiger partial charge is 0.260 e. The van der Waals surface area contributed by atoms with Crippen molar-refractivity contribution in [2.45, 2.75) is 45.6 Å². The minimum absolute atomic E-state index is 0.128. The van der Waals surface area contributed by atoms with E-state index in [0.29, 0.717) is 25.2 Å². The molecule has 1 atom stereocenters. The van der Waals surface area contributed by atoms with Crippen LogP contribution in [0.4, 0.5) is 0 Å². The summed E-state index contributed by atoms with van der Waals surface area (Å²) in [5.41, 5.74) is 4.66. The average molecular weight is 241 g/mol. The fourth-order valence-corrected chi connectivity index (χ4v) is 1.51. The van der Waals surface area contributed by atoms with E-state index in [1.54, 1.807) is 0 Å². The zero-order valence-electron chi connectivity index (χ0n) is 10.2. The van der Waals surface area contributed by atoms with E-state index in [9.17, 15) is 14.4 Å². The highest BCUT2D eigenvalue weighted by Gasteiger charge is 2.27. The van der Waals surface area contributed by atoms with Gasteiger partial charge in [-0.05, 0) is 18.8 Å². The van der Waals surface area contributed by atoms with Crippen LogP contribution in [0.15, 0.2) is 0 Å². The molecule has 0 aromatic rings. The van der Waals surface area contributed by atoms with E-state index in [2.05, 4.69) is 16.2 Å². The van der Waals surface area contributed by atoms with Gasteiger partial charge >= 0.3 is 0 Å². The molecule has 96 valence electrons. The second-order valence-electron chi connectivity index (χ2n) is 4.63. The van der Waals surface area contributed by atoms with Crippen LogP contribution < -0.4 is 16.2 Å². The second-order valence-corrected chi connectivity index (χ2v) is 4.63. The van der Waals surface area contributed by atoms with E-state index in [0.717, 1.165) is 6.42 Å². The summed E-state index contributed by atoms with van der Waals surface area (Å²) in [5.74, 6) is -0.257. The molecule has 0 aliphatic carbocycles. The molecule has 0 aromatic heterocycles. The summed E-state index contributed by atoms with van der Waals surface area (Å²) >= 11 is 0. The Morgan fingerprint density at radius 1 is 1.41 bits per heavy atom. The van der Waals surface area contributed by atoms with Crippen molar-refractivity contribution in [2.24, 2.45) is 5.92 Å². The molecule has 3 amide bonds. The molecule has 0 spiro atoms. The van der Waals surface area contributed by atoms with Crippen molar-refractivity contribution in [1.82, 2.24) is 16.2 Å². The summed E-state index contributed by atoms with van der Waals surface area (Å²) in [6.45, 7) is 4.06. The van der Waals surface area contributed by atoms with Crippen LogP contribution in [0.25, 0.3) is 0 Å². The van der Waals surface area contributed by atoms with Crippen molar-refractivity contribution in [3.63, 3.8) is 0 Å². The summed E-state index contributed by atoms with van der Waals surface area (Å²) < 4.78 is 0. The third-order valence-electron chi connectivity index (χ3n) is 2.59. The number of rotatable bonds is 4. The molecule has 0 saturated carbocycles. The van der Waals surface area contributed by atoms with Gasteiger partial charge in [0.1, 0.15) is 6.04 Å². The fraction of sp³-hybridized carbons (Fsp3) is 0.727. The number of nitrogens with one attached hydrogen (secondary N) is 3. The lowest BCUT2D eigenvalue weighted by atomic mass is 10.1. The summed E-state index contributed by atoms with van der Waals surface area (Å²) in [5, 5.41) is 2.53. The third kappa shape index (κ3) is 4.84. The molecule has 0 aromatic carbocycles. The average Bonchev–Trinajstić information content (AvgIpc) is 2.70. The Morgan fingerprint density at radius 3 is 2.65 bits per heavy atom. The Kier molecular flexibility index (Phi) is 4.93. The molecular weight excluding hydrogens is 222 g/mol. The number of hydrogen-bond acceptors (Lipinski definition) is 3. The molecule has 6 heteroatoms. The summed E-state index contributed by atoms with van der Waals surface area (Å²) in [4.78, 5) is 33.7. The quantitative estimate of drug-likeness (QED) is 0.598. The number of hydrazine groups is 1. The van der Waals surface area contributed by atoms with Gasteiger partial charge in [0.05, 0.1) is 0 Å². The predicted molar refractivity (Wildman–Crippen MR) is 61.5 cm³/mol. The molecule has 1 aliphatic heterocycles.